The lowest BCUT2D eigenvalue weighted by molar-refractivity contribution is 0.00578. The molecule has 1 atom stereocenters. The van der Waals surface area contributed by atoms with Gasteiger partial charge in [0.2, 0.25) is 0 Å². The van der Waals surface area contributed by atoms with E-state index in [0.29, 0.717) is 21.4 Å². The van der Waals surface area contributed by atoms with Crippen molar-refractivity contribution in [2.24, 2.45) is 0 Å². The molecule has 0 unspecified atom stereocenters. The molecule has 144 valence electrons. The first-order valence-corrected chi connectivity index (χ1v) is 9.49. The zero-order chi connectivity index (χ0) is 20.0. The van der Waals surface area contributed by atoms with Gasteiger partial charge in [0.1, 0.15) is 6.10 Å². The molecule has 1 aromatic heterocycles. The molecule has 0 saturated carbocycles. The van der Waals surface area contributed by atoms with Crippen LogP contribution in [-0.4, -0.2) is 23.3 Å². The molecule has 2 heterocycles. The molecule has 1 aliphatic heterocycles. The topological polar surface area (TPSA) is 66.6 Å². The predicted molar refractivity (Wildman–Crippen MR) is 110 cm³/mol. The van der Waals surface area contributed by atoms with Crippen molar-refractivity contribution in [2.45, 2.75) is 51.9 Å². The quantitative estimate of drug-likeness (QED) is 0.758. The average Bonchev–Trinajstić information content (AvgIpc) is 2.77. The van der Waals surface area contributed by atoms with E-state index >= 15 is 0 Å². The molecule has 1 saturated heterocycles. The first kappa shape index (κ1) is 20.3. The minimum absolute atomic E-state index is 0.269. The van der Waals surface area contributed by atoms with Crippen molar-refractivity contribution in [2.75, 3.05) is 5.73 Å². The lowest BCUT2D eigenvalue weighted by Gasteiger charge is -2.32. The number of hydrogen-bond donors (Lipinski definition) is 1. The molecule has 0 aliphatic carbocycles. The van der Waals surface area contributed by atoms with Gasteiger partial charge in [0.15, 0.2) is 11.6 Å². The summed E-state index contributed by atoms with van der Waals surface area (Å²) in [6.07, 6.45) is 1.22. The van der Waals surface area contributed by atoms with E-state index in [0.717, 1.165) is 5.46 Å². The van der Waals surface area contributed by atoms with E-state index in [1.54, 1.807) is 30.5 Å². The number of rotatable bonds is 4. The molecular weight excluding hydrogens is 386 g/mol. The highest BCUT2D eigenvalue weighted by atomic mass is 35.5. The molecule has 0 radical (unpaired) electrons. The van der Waals surface area contributed by atoms with Gasteiger partial charge in [0.25, 0.3) is 0 Å². The smallest absolute Gasteiger partial charge is 0.482 e. The molecule has 0 bridgehead atoms. The van der Waals surface area contributed by atoms with Crippen molar-refractivity contribution in [1.82, 2.24) is 4.98 Å². The Morgan fingerprint density at radius 2 is 1.67 bits per heavy atom. The van der Waals surface area contributed by atoms with E-state index in [2.05, 4.69) is 4.98 Å². The van der Waals surface area contributed by atoms with Crippen LogP contribution < -0.4 is 15.9 Å². The number of nitrogens with zero attached hydrogens (tertiary/aromatic N) is 1. The van der Waals surface area contributed by atoms with Gasteiger partial charge in [0.05, 0.1) is 11.2 Å². The number of aromatic nitrogens is 1. The minimum Gasteiger partial charge on any atom is -0.482 e. The summed E-state index contributed by atoms with van der Waals surface area (Å²) in [5.41, 5.74) is 6.55. The van der Waals surface area contributed by atoms with Crippen LogP contribution in [0.2, 0.25) is 10.0 Å². The van der Waals surface area contributed by atoms with Crippen molar-refractivity contribution < 1.29 is 14.0 Å². The third kappa shape index (κ3) is 3.90. The van der Waals surface area contributed by atoms with Crippen molar-refractivity contribution in [3.05, 3.63) is 46.1 Å². The third-order valence-electron chi connectivity index (χ3n) is 5.14. The Morgan fingerprint density at radius 1 is 1.11 bits per heavy atom. The van der Waals surface area contributed by atoms with E-state index < -0.39 is 24.4 Å². The maximum atomic E-state index is 6.28. The molecule has 2 N–H and O–H groups in total. The molecule has 0 amide bonds. The maximum Gasteiger partial charge on any atom is 0.496 e. The van der Waals surface area contributed by atoms with Crippen LogP contribution in [0, 0.1) is 0 Å². The fourth-order valence-corrected chi connectivity index (χ4v) is 3.53. The van der Waals surface area contributed by atoms with Gasteiger partial charge in [-0.2, -0.15) is 0 Å². The average molecular weight is 409 g/mol. The summed E-state index contributed by atoms with van der Waals surface area (Å²) in [7, 11) is -0.551. The van der Waals surface area contributed by atoms with Crippen LogP contribution in [0.5, 0.6) is 5.75 Å². The summed E-state index contributed by atoms with van der Waals surface area (Å²) in [4.78, 5) is 4.24. The Kier molecular flexibility index (Phi) is 5.38. The molecule has 3 rings (SSSR count). The predicted octanol–water partition coefficient (Wildman–Crippen LogP) is 4.41. The van der Waals surface area contributed by atoms with Gasteiger partial charge in [-0.05, 0) is 52.8 Å². The zero-order valence-corrected chi connectivity index (χ0v) is 17.6. The van der Waals surface area contributed by atoms with E-state index in [9.17, 15) is 0 Å². The van der Waals surface area contributed by atoms with Gasteiger partial charge in [-0.3, -0.25) is 0 Å². The van der Waals surface area contributed by atoms with E-state index in [1.165, 1.54) is 0 Å². The Balaban J connectivity index is 1.87. The number of nitrogens with two attached hydrogens (primary N) is 1. The van der Waals surface area contributed by atoms with Crippen LogP contribution >= 0.6 is 23.2 Å². The van der Waals surface area contributed by atoms with Crippen LogP contribution in [0.1, 0.15) is 46.3 Å². The number of anilines is 1. The van der Waals surface area contributed by atoms with Gasteiger partial charge in [-0.15, -0.1) is 0 Å². The Hall–Kier alpha value is -1.47. The number of ether oxygens (including phenoxy) is 1. The van der Waals surface area contributed by atoms with Crippen LogP contribution in [0.3, 0.4) is 0 Å². The standard InChI is InChI=1S/C19H23BCl2N2O3/c1-11(16-13(21)7-6-8-14(16)22)25-15-9-12(10-24-17(15)23)20-26-18(2,3)19(4,5)27-20/h6-11H,1-5H3,(H2,23,24)/t11-/m1/s1. The summed E-state index contributed by atoms with van der Waals surface area (Å²) < 4.78 is 18.2. The summed E-state index contributed by atoms with van der Waals surface area (Å²) in [5, 5.41) is 1.06. The highest BCUT2D eigenvalue weighted by Crippen LogP contribution is 2.37. The molecule has 27 heavy (non-hydrogen) atoms. The third-order valence-corrected chi connectivity index (χ3v) is 5.80. The van der Waals surface area contributed by atoms with Gasteiger partial charge in [0, 0.05) is 27.3 Å². The fourth-order valence-electron chi connectivity index (χ4n) is 2.82. The lowest BCUT2D eigenvalue weighted by Crippen LogP contribution is -2.41. The second kappa shape index (κ2) is 7.17. The molecular formula is C19H23BCl2N2O3. The van der Waals surface area contributed by atoms with Crippen LogP contribution in [0.25, 0.3) is 0 Å². The van der Waals surface area contributed by atoms with E-state index in [-0.39, 0.29) is 5.82 Å². The molecule has 8 heteroatoms. The number of pyridine rings is 1. The first-order chi connectivity index (χ1) is 12.5. The lowest BCUT2D eigenvalue weighted by atomic mass is 9.80. The molecule has 2 aromatic rings. The molecule has 5 nitrogen and oxygen atoms in total. The van der Waals surface area contributed by atoms with Crippen molar-refractivity contribution >= 4 is 41.6 Å². The van der Waals surface area contributed by atoms with Crippen LogP contribution in [0.4, 0.5) is 5.82 Å². The monoisotopic (exact) mass is 408 g/mol. The molecule has 1 aliphatic rings. The largest absolute Gasteiger partial charge is 0.496 e. The first-order valence-electron chi connectivity index (χ1n) is 8.73. The number of hydrogen-bond acceptors (Lipinski definition) is 5. The minimum atomic E-state index is -0.551. The van der Waals surface area contributed by atoms with Gasteiger partial charge < -0.3 is 19.8 Å². The Labute approximate surface area is 170 Å². The van der Waals surface area contributed by atoms with Crippen LogP contribution in [-0.2, 0) is 9.31 Å². The molecule has 1 fully saturated rings. The SMILES string of the molecule is C[C@@H](Oc1cc(B2OC(C)(C)C(C)(C)O2)cnc1N)c1c(Cl)cccc1Cl. The zero-order valence-electron chi connectivity index (χ0n) is 16.0. The maximum absolute atomic E-state index is 6.28. The summed E-state index contributed by atoms with van der Waals surface area (Å²) in [5.74, 6) is 0.691. The Morgan fingerprint density at radius 3 is 2.22 bits per heavy atom. The highest BCUT2D eigenvalue weighted by molar-refractivity contribution is 6.62. The van der Waals surface area contributed by atoms with E-state index in [1.807, 2.05) is 34.6 Å². The molecule has 0 spiro atoms. The number of benzene rings is 1. The van der Waals surface area contributed by atoms with Crippen molar-refractivity contribution in [3.63, 3.8) is 0 Å². The number of halogens is 2. The molecule has 1 aromatic carbocycles. The van der Waals surface area contributed by atoms with Crippen molar-refractivity contribution in [3.8, 4) is 5.75 Å². The summed E-state index contributed by atoms with van der Waals surface area (Å²) in [6.45, 7) is 9.84. The highest BCUT2D eigenvalue weighted by Gasteiger charge is 2.52. The van der Waals surface area contributed by atoms with Gasteiger partial charge in [-0.1, -0.05) is 29.3 Å². The summed E-state index contributed by atoms with van der Waals surface area (Å²) >= 11 is 12.6. The summed E-state index contributed by atoms with van der Waals surface area (Å²) in [6, 6.07) is 7.11. The number of nitrogen functional groups attached to an aromatic ring is 1. The van der Waals surface area contributed by atoms with E-state index in [4.69, 9.17) is 43.0 Å². The second-order valence-corrected chi connectivity index (χ2v) is 8.45. The Bertz CT molecular complexity index is 825. The van der Waals surface area contributed by atoms with Crippen LogP contribution in [0.15, 0.2) is 30.5 Å². The van der Waals surface area contributed by atoms with Gasteiger partial charge in [-0.25, -0.2) is 4.98 Å². The van der Waals surface area contributed by atoms with Gasteiger partial charge >= 0.3 is 7.12 Å². The fraction of sp³-hybridized carbons (Fsp3) is 0.421. The second-order valence-electron chi connectivity index (χ2n) is 7.64. The normalized spacial score (nSPS) is 19.1. The van der Waals surface area contributed by atoms with Crippen molar-refractivity contribution in [1.29, 1.82) is 0 Å².